The highest BCUT2D eigenvalue weighted by Crippen LogP contribution is 2.34. The quantitative estimate of drug-likeness (QED) is 0.825. The standard InChI is InChI=1S/C15H28N2O2/c1-15(2,3)11-5-7-17(8-6-11)14(18)12-9-19-10-13(12)16-4/h11-13,16H,5-10H2,1-4H3. The highest BCUT2D eigenvalue weighted by molar-refractivity contribution is 5.80. The maximum Gasteiger partial charge on any atom is 0.229 e. The van der Waals surface area contributed by atoms with Crippen molar-refractivity contribution in [2.45, 2.75) is 39.7 Å². The second kappa shape index (κ2) is 5.80. The summed E-state index contributed by atoms with van der Waals surface area (Å²) >= 11 is 0. The van der Waals surface area contributed by atoms with Crippen LogP contribution in [-0.4, -0.2) is 50.2 Å². The lowest BCUT2D eigenvalue weighted by molar-refractivity contribution is -0.138. The van der Waals surface area contributed by atoms with Crippen LogP contribution < -0.4 is 5.32 Å². The van der Waals surface area contributed by atoms with Crippen molar-refractivity contribution in [2.75, 3.05) is 33.4 Å². The third-order valence-electron chi connectivity index (χ3n) is 4.80. The molecular weight excluding hydrogens is 240 g/mol. The van der Waals surface area contributed by atoms with Gasteiger partial charge in [0.1, 0.15) is 0 Å². The molecule has 2 heterocycles. The van der Waals surface area contributed by atoms with Crippen LogP contribution in [0.2, 0.25) is 0 Å². The summed E-state index contributed by atoms with van der Waals surface area (Å²) in [5.41, 5.74) is 0.360. The van der Waals surface area contributed by atoms with Crippen LogP contribution in [0.15, 0.2) is 0 Å². The molecule has 4 heteroatoms. The topological polar surface area (TPSA) is 41.6 Å². The lowest BCUT2D eigenvalue weighted by atomic mass is 9.75. The zero-order chi connectivity index (χ0) is 14.0. The molecule has 0 aliphatic carbocycles. The fraction of sp³-hybridized carbons (Fsp3) is 0.933. The second-order valence-corrected chi connectivity index (χ2v) is 7.00. The Balaban J connectivity index is 1.89. The van der Waals surface area contributed by atoms with Crippen molar-refractivity contribution in [3.05, 3.63) is 0 Å². The van der Waals surface area contributed by atoms with Gasteiger partial charge >= 0.3 is 0 Å². The average Bonchev–Trinajstić information content (AvgIpc) is 2.85. The van der Waals surface area contributed by atoms with Gasteiger partial charge in [-0.15, -0.1) is 0 Å². The number of rotatable bonds is 2. The van der Waals surface area contributed by atoms with Crippen molar-refractivity contribution in [2.24, 2.45) is 17.3 Å². The molecule has 1 N–H and O–H groups in total. The van der Waals surface area contributed by atoms with Gasteiger partial charge < -0.3 is 15.0 Å². The smallest absolute Gasteiger partial charge is 0.229 e. The molecule has 2 fully saturated rings. The highest BCUT2D eigenvalue weighted by Gasteiger charge is 2.38. The van der Waals surface area contributed by atoms with E-state index in [9.17, 15) is 4.79 Å². The van der Waals surface area contributed by atoms with E-state index in [-0.39, 0.29) is 17.9 Å². The van der Waals surface area contributed by atoms with E-state index in [1.807, 2.05) is 11.9 Å². The summed E-state index contributed by atoms with van der Waals surface area (Å²) in [6.07, 6.45) is 2.26. The van der Waals surface area contributed by atoms with Crippen molar-refractivity contribution >= 4 is 5.91 Å². The van der Waals surface area contributed by atoms with E-state index < -0.39 is 0 Å². The molecule has 110 valence electrons. The van der Waals surface area contributed by atoms with Crippen LogP contribution in [0, 0.1) is 17.3 Å². The van der Waals surface area contributed by atoms with E-state index in [0.717, 1.165) is 31.8 Å². The fourth-order valence-corrected chi connectivity index (χ4v) is 3.28. The third kappa shape index (κ3) is 3.29. The Hall–Kier alpha value is -0.610. The molecular formula is C15H28N2O2. The van der Waals surface area contributed by atoms with Gasteiger partial charge in [0.15, 0.2) is 0 Å². The number of hydrogen-bond acceptors (Lipinski definition) is 3. The highest BCUT2D eigenvalue weighted by atomic mass is 16.5. The first kappa shape index (κ1) is 14.8. The van der Waals surface area contributed by atoms with Gasteiger partial charge in [0.05, 0.1) is 19.1 Å². The largest absolute Gasteiger partial charge is 0.379 e. The number of likely N-dealkylation sites (N-methyl/N-ethyl adjacent to an activating group) is 1. The molecule has 0 aromatic carbocycles. The summed E-state index contributed by atoms with van der Waals surface area (Å²) in [5, 5.41) is 3.19. The predicted octanol–water partition coefficient (Wildman–Crippen LogP) is 1.51. The Bertz CT molecular complexity index is 317. The lowest BCUT2D eigenvalue weighted by Crippen LogP contribution is -2.48. The molecule has 2 saturated heterocycles. The number of nitrogens with zero attached hydrogens (tertiary/aromatic N) is 1. The number of hydrogen-bond donors (Lipinski definition) is 1. The predicted molar refractivity (Wildman–Crippen MR) is 75.9 cm³/mol. The van der Waals surface area contributed by atoms with Crippen LogP contribution in [0.4, 0.5) is 0 Å². The lowest BCUT2D eigenvalue weighted by Gasteiger charge is -2.39. The van der Waals surface area contributed by atoms with Crippen LogP contribution in [0.3, 0.4) is 0 Å². The van der Waals surface area contributed by atoms with Gasteiger partial charge in [-0.2, -0.15) is 0 Å². The maximum atomic E-state index is 12.5. The van der Waals surface area contributed by atoms with E-state index >= 15 is 0 Å². The molecule has 19 heavy (non-hydrogen) atoms. The van der Waals surface area contributed by atoms with Gasteiger partial charge in [-0.05, 0) is 31.2 Å². The van der Waals surface area contributed by atoms with Gasteiger partial charge in [-0.3, -0.25) is 4.79 Å². The van der Waals surface area contributed by atoms with Crippen LogP contribution in [0.5, 0.6) is 0 Å². The van der Waals surface area contributed by atoms with Crippen molar-refractivity contribution in [1.82, 2.24) is 10.2 Å². The van der Waals surface area contributed by atoms with Crippen molar-refractivity contribution in [1.29, 1.82) is 0 Å². The van der Waals surface area contributed by atoms with Gasteiger partial charge in [-0.25, -0.2) is 0 Å². The number of piperidine rings is 1. The van der Waals surface area contributed by atoms with E-state index in [0.29, 0.717) is 18.6 Å². The summed E-state index contributed by atoms with van der Waals surface area (Å²) in [4.78, 5) is 14.6. The van der Waals surface area contributed by atoms with E-state index in [4.69, 9.17) is 4.74 Å². The number of carbonyl (C=O) groups excluding carboxylic acids is 1. The summed E-state index contributed by atoms with van der Waals surface area (Å²) in [5.74, 6) is 1.02. The van der Waals surface area contributed by atoms with Crippen LogP contribution in [0.25, 0.3) is 0 Å². The maximum absolute atomic E-state index is 12.5. The first-order valence-electron chi connectivity index (χ1n) is 7.47. The Morgan fingerprint density at radius 3 is 2.37 bits per heavy atom. The van der Waals surface area contributed by atoms with Crippen molar-refractivity contribution < 1.29 is 9.53 Å². The number of likely N-dealkylation sites (tertiary alicyclic amines) is 1. The molecule has 2 unspecified atom stereocenters. The van der Waals surface area contributed by atoms with Crippen LogP contribution >= 0.6 is 0 Å². The minimum atomic E-state index is 0.0104. The third-order valence-corrected chi connectivity index (χ3v) is 4.80. The summed E-state index contributed by atoms with van der Waals surface area (Å²) in [6.45, 7) is 9.96. The summed E-state index contributed by atoms with van der Waals surface area (Å²) < 4.78 is 5.44. The van der Waals surface area contributed by atoms with Crippen molar-refractivity contribution in [3.63, 3.8) is 0 Å². The molecule has 0 aromatic heterocycles. The molecule has 0 spiro atoms. The molecule has 0 aromatic rings. The Morgan fingerprint density at radius 1 is 1.21 bits per heavy atom. The normalized spacial score (nSPS) is 29.8. The van der Waals surface area contributed by atoms with E-state index in [1.54, 1.807) is 0 Å². The molecule has 0 bridgehead atoms. The molecule has 1 amide bonds. The number of nitrogens with one attached hydrogen (secondary N) is 1. The molecule has 0 saturated carbocycles. The average molecular weight is 268 g/mol. The first-order chi connectivity index (χ1) is 8.93. The van der Waals surface area contributed by atoms with Crippen LogP contribution in [-0.2, 0) is 9.53 Å². The molecule has 2 aliphatic rings. The molecule has 2 rings (SSSR count). The minimum absolute atomic E-state index is 0.0104. The van der Waals surface area contributed by atoms with Gasteiger partial charge in [-0.1, -0.05) is 20.8 Å². The Morgan fingerprint density at radius 2 is 1.84 bits per heavy atom. The van der Waals surface area contributed by atoms with Crippen molar-refractivity contribution in [3.8, 4) is 0 Å². The second-order valence-electron chi connectivity index (χ2n) is 7.00. The summed E-state index contributed by atoms with van der Waals surface area (Å²) in [6, 6.07) is 0.188. The van der Waals surface area contributed by atoms with E-state index in [1.165, 1.54) is 0 Å². The Kier molecular flexibility index (Phi) is 4.51. The fourth-order valence-electron chi connectivity index (χ4n) is 3.28. The number of amides is 1. The molecule has 4 nitrogen and oxygen atoms in total. The van der Waals surface area contributed by atoms with Gasteiger partial charge in [0, 0.05) is 19.1 Å². The number of ether oxygens (including phenoxy) is 1. The molecule has 2 atom stereocenters. The van der Waals surface area contributed by atoms with E-state index in [2.05, 4.69) is 26.1 Å². The summed E-state index contributed by atoms with van der Waals surface area (Å²) in [7, 11) is 1.91. The van der Waals surface area contributed by atoms with Gasteiger partial charge in [0.25, 0.3) is 0 Å². The number of carbonyl (C=O) groups is 1. The molecule has 2 aliphatic heterocycles. The Labute approximate surface area is 116 Å². The van der Waals surface area contributed by atoms with Crippen LogP contribution in [0.1, 0.15) is 33.6 Å². The molecule has 0 radical (unpaired) electrons. The minimum Gasteiger partial charge on any atom is -0.379 e. The zero-order valence-corrected chi connectivity index (χ0v) is 12.7. The SMILES string of the molecule is CNC1COCC1C(=O)N1CCC(C(C)(C)C)CC1. The van der Waals surface area contributed by atoms with Gasteiger partial charge in [0.2, 0.25) is 5.91 Å². The monoisotopic (exact) mass is 268 g/mol. The zero-order valence-electron chi connectivity index (χ0n) is 12.7. The first-order valence-corrected chi connectivity index (χ1v) is 7.47.